The van der Waals surface area contributed by atoms with Crippen LogP contribution in [0.4, 0.5) is 5.69 Å². The maximum absolute atomic E-state index is 6.28. The fourth-order valence-corrected chi connectivity index (χ4v) is 4.26. The monoisotopic (exact) mass is 361 g/mol. The van der Waals surface area contributed by atoms with Gasteiger partial charge >= 0.3 is 0 Å². The predicted molar refractivity (Wildman–Crippen MR) is 112 cm³/mol. The second kappa shape index (κ2) is 6.22. The van der Waals surface area contributed by atoms with Crippen molar-refractivity contribution in [2.75, 3.05) is 18.0 Å². The van der Waals surface area contributed by atoms with E-state index < -0.39 is 0 Å². The van der Waals surface area contributed by atoms with Gasteiger partial charge in [-0.1, -0.05) is 6.08 Å². The van der Waals surface area contributed by atoms with E-state index in [2.05, 4.69) is 68.8 Å². The van der Waals surface area contributed by atoms with Gasteiger partial charge in [0.2, 0.25) is 0 Å². The molecule has 0 bridgehead atoms. The van der Waals surface area contributed by atoms with Crippen molar-refractivity contribution in [2.45, 2.75) is 47.1 Å². The van der Waals surface area contributed by atoms with Crippen LogP contribution in [0.3, 0.4) is 0 Å². The average Bonchev–Trinajstić information content (AvgIpc) is 2.59. The first-order valence-corrected chi connectivity index (χ1v) is 9.71. The Morgan fingerprint density at radius 2 is 1.89 bits per heavy atom. The summed E-state index contributed by atoms with van der Waals surface area (Å²) in [6.45, 7) is 14.7. The number of aromatic nitrogens is 1. The van der Waals surface area contributed by atoms with Crippen molar-refractivity contribution in [2.24, 2.45) is 4.99 Å². The standard InChI is InChI=1S/C23H27N3O/c1-7-24-17-11-21-18(9-14(17)3)25-19-10-16-15(4)13-23(5,6)26(8-2)20(16)12-22(19)27-21/h9-13H,7-8H2,1-6H3/b24-17-. The zero-order valence-electron chi connectivity index (χ0n) is 17.1. The van der Waals surface area contributed by atoms with Crippen LogP contribution in [-0.4, -0.2) is 23.6 Å². The van der Waals surface area contributed by atoms with Crippen molar-refractivity contribution >= 4 is 22.4 Å². The van der Waals surface area contributed by atoms with Gasteiger partial charge in [-0.15, -0.1) is 0 Å². The van der Waals surface area contributed by atoms with E-state index in [4.69, 9.17) is 9.40 Å². The molecule has 2 heterocycles. The molecule has 140 valence electrons. The Bertz CT molecular complexity index is 1100. The molecular formula is C23H27N3O. The van der Waals surface area contributed by atoms with E-state index in [0.717, 1.165) is 46.6 Å². The molecule has 1 aromatic carbocycles. The highest BCUT2D eigenvalue weighted by atomic mass is 16.3. The summed E-state index contributed by atoms with van der Waals surface area (Å²) in [5.74, 6) is 0.783. The van der Waals surface area contributed by atoms with Crippen LogP contribution in [0.15, 0.2) is 39.8 Å². The largest absolute Gasteiger partial charge is 0.453 e. The Morgan fingerprint density at radius 3 is 2.59 bits per heavy atom. The van der Waals surface area contributed by atoms with Gasteiger partial charge in [-0.05, 0) is 64.8 Å². The summed E-state index contributed by atoms with van der Waals surface area (Å²) in [6.07, 6.45) is 2.34. The number of benzene rings is 2. The lowest BCUT2D eigenvalue weighted by molar-refractivity contribution is 0.564. The van der Waals surface area contributed by atoms with E-state index in [0.29, 0.717) is 0 Å². The fourth-order valence-electron chi connectivity index (χ4n) is 4.26. The highest BCUT2D eigenvalue weighted by Crippen LogP contribution is 2.41. The van der Waals surface area contributed by atoms with Crippen LogP contribution in [0.2, 0.25) is 0 Å². The second-order valence-corrected chi connectivity index (χ2v) is 7.86. The molecule has 3 aliphatic rings. The van der Waals surface area contributed by atoms with E-state index in [9.17, 15) is 0 Å². The summed E-state index contributed by atoms with van der Waals surface area (Å²) in [4.78, 5) is 11.9. The van der Waals surface area contributed by atoms with Crippen molar-refractivity contribution in [3.63, 3.8) is 0 Å². The highest BCUT2D eigenvalue weighted by Gasteiger charge is 2.31. The third-order valence-electron chi connectivity index (χ3n) is 5.44. The number of likely N-dealkylation sites (N-methyl/N-ethyl adjacent to an activating group) is 1. The zero-order chi connectivity index (χ0) is 19.3. The predicted octanol–water partition coefficient (Wildman–Crippen LogP) is 5.18. The van der Waals surface area contributed by atoms with Gasteiger partial charge in [-0.2, -0.15) is 0 Å². The maximum Gasteiger partial charge on any atom is 0.155 e. The van der Waals surface area contributed by atoms with Crippen molar-refractivity contribution in [1.82, 2.24) is 4.98 Å². The number of anilines is 1. The van der Waals surface area contributed by atoms with Gasteiger partial charge in [0.1, 0.15) is 11.2 Å². The van der Waals surface area contributed by atoms with Gasteiger partial charge < -0.3 is 9.32 Å². The first-order valence-electron chi connectivity index (χ1n) is 9.71. The van der Waals surface area contributed by atoms with Gasteiger partial charge in [0.15, 0.2) is 11.3 Å². The van der Waals surface area contributed by atoms with E-state index in [1.807, 2.05) is 13.0 Å². The van der Waals surface area contributed by atoms with Crippen molar-refractivity contribution < 1.29 is 4.42 Å². The van der Waals surface area contributed by atoms with E-state index >= 15 is 0 Å². The molecule has 4 nitrogen and oxygen atoms in total. The third-order valence-corrected chi connectivity index (χ3v) is 5.44. The van der Waals surface area contributed by atoms with Crippen LogP contribution in [0, 0.1) is 6.92 Å². The van der Waals surface area contributed by atoms with Gasteiger partial charge in [-0.25, -0.2) is 4.98 Å². The molecule has 4 rings (SSSR count). The summed E-state index contributed by atoms with van der Waals surface area (Å²) < 4.78 is 6.28. The SMILES string of the molecule is CC/N=c1/cc2oc3cc4c(cc3nc-2cc1C)C(C)=CC(C)(C)N4CC. The zero-order valence-corrected chi connectivity index (χ0v) is 17.1. The third kappa shape index (κ3) is 2.84. The second-order valence-electron chi connectivity index (χ2n) is 7.86. The summed E-state index contributed by atoms with van der Waals surface area (Å²) in [5.41, 5.74) is 7.43. The molecule has 2 aliphatic heterocycles. The normalized spacial score (nSPS) is 16.7. The van der Waals surface area contributed by atoms with Crippen molar-refractivity contribution in [3.8, 4) is 11.5 Å². The van der Waals surface area contributed by atoms with Crippen LogP contribution >= 0.6 is 0 Å². The molecule has 0 saturated carbocycles. The van der Waals surface area contributed by atoms with Crippen LogP contribution < -0.4 is 10.3 Å². The first-order chi connectivity index (χ1) is 12.8. The molecular weight excluding hydrogens is 334 g/mol. The van der Waals surface area contributed by atoms with Gasteiger partial charge in [0.05, 0.1) is 10.9 Å². The minimum Gasteiger partial charge on any atom is -0.453 e. The number of rotatable bonds is 2. The number of nitrogens with zero attached hydrogens (tertiary/aromatic N) is 3. The van der Waals surface area contributed by atoms with Crippen LogP contribution in [0.1, 0.15) is 45.7 Å². The number of allylic oxidation sites excluding steroid dienone is 1. The minimum absolute atomic E-state index is 0.0198. The minimum atomic E-state index is -0.0198. The Balaban J connectivity index is 2.01. The summed E-state index contributed by atoms with van der Waals surface area (Å²) in [5, 5.41) is 0.975. The lowest BCUT2D eigenvalue weighted by atomic mass is 9.88. The lowest BCUT2D eigenvalue weighted by Gasteiger charge is -2.42. The number of hydrogen-bond acceptors (Lipinski definition) is 4. The molecule has 0 saturated heterocycles. The molecule has 0 amide bonds. The molecule has 1 aromatic rings. The van der Waals surface area contributed by atoms with Gasteiger partial charge in [0.25, 0.3) is 0 Å². The molecule has 0 aromatic heterocycles. The summed E-state index contributed by atoms with van der Waals surface area (Å²) in [7, 11) is 0. The number of fused-ring (bicyclic) bond motifs is 3. The molecule has 0 unspecified atom stereocenters. The smallest absolute Gasteiger partial charge is 0.155 e. The van der Waals surface area contributed by atoms with Crippen LogP contribution in [0.5, 0.6) is 0 Å². The topological polar surface area (TPSA) is 41.6 Å². The molecule has 0 spiro atoms. The van der Waals surface area contributed by atoms with Crippen LogP contribution in [0.25, 0.3) is 28.1 Å². The Hall–Kier alpha value is -2.62. The molecule has 0 atom stereocenters. The lowest BCUT2D eigenvalue weighted by Crippen LogP contribution is -2.44. The average molecular weight is 361 g/mol. The van der Waals surface area contributed by atoms with Crippen LogP contribution in [-0.2, 0) is 0 Å². The highest BCUT2D eigenvalue weighted by molar-refractivity contribution is 5.91. The summed E-state index contributed by atoms with van der Waals surface area (Å²) in [6, 6.07) is 8.38. The number of hydrogen-bond donors (Lipinski definition) is 0. The molecule has 0 fully saturated rings. The Kier molecular flexibility index (Phi) is 4.10. The Labute approximate surface area is 160 Å². The fraction of sp³-hybridized carbons (Fsp3) is 0.391. The molecule has 0 N–H and O–H groups in total. The molecule has 4 heteroatoms. The Morgan fingerprint density at radius 1 is 1.11 bits per heavy atom. The van der Waals surface area contributed by atoms with Crippen molar-refractivity contribution in [1.29, 1.82) is 0 Å². The van der Waals surface area contributed by atoms with E-state index in [1.54, 1.807) is 0 Å². The quantitative estimate of drug-likeness (QED) is 0.590. The maximum atomic E-state index is 6.28. The number of aryl methyl sites for hydroxylation is 1. The van der Waals surface area contributed by atoms with Crippen molar-refractivity contribution in [3.05, 3.63) is 46.8 Å². The summed E-state index contributed by atoms with van der Waals surface area (Å²) >= 11 is 0. The van der Waals surface area contributed by atoms with Gasteiger partial charge in [-0.3, -0.25) is 4.99 Å². The molecule has 1 aliphatic carbocycles. The van der Waals surface area contributed by atoms with E-state index in [1.165, 1.54) is 16.8 Å². The molecule has 27 heavy (non-hydrogen) atoms. The van der Waals surface area contributed by atoms with Gasteiger partial charge in [0, 0.05) is 36.5 Å². The molecule has 0 radical (unpaired) electrons. The first kappa shape index (κ1) is 17.8. The van der Waals surface area contributed by atoms with E-state index in [-0.39, 0.29) is 5.54 Å².